The summed E-state index contributed by atoms with van der Waals surface area (Å²) in [5.41, 5.74) is -0.264. The molecule has 66 valence electrons. The number of methoxy groups -OCH3 is 1. The van der Waals surface area contributed by atoms with Crippen LogP contribution in [-0.2, 0) is 14.3 Å². The number of carbonyl (C=O) groups is 2. The number of aliphatic hydroxyl groups excluding tert-OH is 1. The molecule has 0 aromatic rings. The summed E-state index contributed by atoms with van der Waals surface area (Å²) in [5, 5.41) is 9.15. The lowest BCUT2D eigenvalue weighted by Gasteiger charge is -2.05. The summed E-state index contributed by atoms with van der Waals surface area (Å²) < 4.78 is 4.32. The summed E-state index contributed by atoms with van der Waals surface area (Å²) in [4.78, 5) is 23.3. The number of rotatable bonds is 1. The molecule has 1 N–H and O–H groups in total. The SMILES string of the molecule is COC(=O)C1=C(O)CN(C)C1=O. The van der Waals surface area contributed by atoms with Crippen molar-refractivity contribution in [1.29, 1.82) is 0 Å². The van der Waals surface area contributed by atoms with Crippen LogP contribution in [0, 0.1) is 0 Å². The van der Waals surface area contributed by atoms with Crippen LogP contribution in [-0.4, -0.2) is 42.6 Å². The average Bonchev–Trinajstić information content (AvgIpc) is 2.26. The van der Waals surface area contributed by atoms with Crippen LogP contribution in [0.1, 0.15) is 0 Å². The molecule has 1 heterocycles. The highest BCUT2D eigenvalue weighted by molar-refractivity contribution is 6.18. The van der Waals surface area contributed by atoms with Crippen molar-refractivity contribution in [3.05, 3.63) is 11.3 Å². The summed E-state index contributed by atoms with van der Waals surface area (Å²) >= 11 is 0. The zero-order chi connectivity index (χ0) is 9.30. The van der Waals surface area contributed by atoms with Crippen LogP contribution in [0.3, 0.4) is 0 Å². The Balaban J connectivity index is 2.95. The average molecular weight is 171 g/mol. The van der Waals surface area contributed by atoms with Crippen LogP contribution in [0.4, 0.5) is 0 Å². The van der Waals surface area contributed by atoms with Gasteiger partial charge in [-0.15, -0.1) is 0 Å². The first-order chi connectivity index (χ1) is 5.57. The molecule has 0 aromatic carbocycles. The Morgan fingerprint density at radius 2 is 2.25 bits per heavy atom. The molecule has 0 unspecified atom stereocenters. The first kappa shape index (κ1) is 8.58. The van der Waals surface area contributed by atoms with Crippen molar-refractivity contribution in [3.8, 4) is 0 Å². The number of likely N-dealkylation sites (N-methyl/N-ethyl adjacent to an activating group) is 1. The van der Waals surface area contributed by atoms with E-state index >= 15 is 0 Å². The van der Waals surface area contributed by atoms with Crippen LogP contribution >= 0.6 is 0 Å². The van der Waals surface area contributed by atoms with E-state index < -0.39 is 11.9 Å². The topological polar surface area (TPSA) is 66.8 Å². The lowest BCUT2D eigenvalue weighted by atomic mass is 10.2. The zero-order valence-electron chi connectivity index (χ0n) is 6.83. The highest BCUT2D eigenvalue weighted by atomic mass is 16.5. The van der Waals surface area contributed by atoms with Gasteiger partial charge in [0.1, 0.15) is 5.76 Å². The van der Waals surface area contributed by atoms with Crippen LogP contribution in [0.5, 0.6) is 0 Å². The molecule has 5 heteroatoms. The fourth-order valence-electron chi connectivity index (χ4n) is 0.997. The van der Waals surface area contributed by atoms with Gasteiger partial charge in [-0.2, -0.15) is 0 Å². The molecule has 0 aromatic heterocycles. The van der Waals surface area contributed by atoms with E-state index in [0.717, 1.165) is 7.11 Å². The molecule has 0 bridgehead atoms. The molecule has 0 saturated carbocycles. The molecule has 0 aliphatic carbocycles. The maximum absolute atomic E-state index is 11.1. The van der Waals surface area contributed by atoms with E-state index in [1.807, 2.05) is 0 Å². The second kappa shape index (κ2) is 2.84. The van der Waals surface area contributed by atoms with E-state index in [0.29, 0.717) is 0 Å². The molecule has 0 fully saturated rings. The fraction of sp³-hybridized carbons (Fsp3) is 0.429. The summed E-state index contributed by atoms with van der Waals surface area (Å²) in [6.07, 6.45) is 0. The van der Waals surface area contributed by atoms with Gasteiger partial charge >= 0.3 is 5.97 Å². The monoisotopic (exact) mass is 171 g/mol. The minimum absolute atomic E-state index is 0.0727. The molecule has 1 aliphatic rings. The van der Waals surface area contributed by atoms with Crippen molar-refractivity contribution in [3.63, 3.8) is 0 Å². The van der Waals surface area contributed by atoms with Crippen LogP contribution in [0.15, 0.2) is 11.3 Å². The molecule has 1 aliphatic heterocycles. The highest BCUT2D eigenvalue weighted by Gasteiger charge is 2.33. The molecule has 12 heavy (non-hydrogen) atoms. The van der Waals surface area contributed by atoms with Gasteiger partial charge in [0, 0.05) is 7.05 Å². The Labute approximate surface area is 69.2 Å². The number of hydrogen-bond donors (Lipinski definition) is 1. The smallest absolute Gasteiger partial charge is 0.347 e. The first-order valence-corrected chi connectivity index (χ1v) is 3.33. The molecule has 0 atom stereocenters. The summed E-state index contributed by atoms with van der Waals surface area (Å²) in [6, 6.07) is 0. The van der Waals surface area contributed by atoms with Gasteiger partial charge in [-0.3, -0.25) is 4.79 Å². The number of esters is 1. The van der Waals surface area contributed by atoms with Crippen molar-refractivity contribution in [2.24, 2.45) is 0 Å². The first-order valence-electron chi connectivity index (χ1n) is 3.33. The molecule has 0 radical (unpaired) electrons. The fourth-order valence-corrected chi connectivity index (χ4v) is 0.997. The zero-order valence-corrected chi connectivity index (χ0v) is 6.83. The molecule has 0 spiro atoms. The molecule has 1 rings (SSSR count). The van der Waals surface area contributed by atoms with E-state index in [4.69, 9.17) is 5.11 Å². The van der Waals surface area contributed by atoms with Crippen molar-refractivity contribution in [2.75, 3.05) is 20.7 Å². The second-order valence-electron chi connectivity index (χ2n) is 2.47. The number of aliphatic hydroxyl groups is 1. The lowest BCUT2D eigenvalue weighted by molar-refractivity contribution is -0.139. The molecule has 5 nitrogen and oxygen atoms in total. The number of ether oxygens (including phenoxy) is 1. The Hall–Kier alpha value is -1.52. The van der Waals surface area contributed by atoms with Gasteiger partial charge in [-0.25, -0.2) is 4.79 Å². The Bertz CT molecular complexity index is 269. The maximum atomic E-state index is 11.1. The molecular formula is C7H9NO4. The van der Waals surface area contributed by atoms with Crippen LogP contribution < -0.4 is 0 Å². The summed E-state index contributed by atoms with van der Waals surface area (Å²) in [6.45, 7) is 0.0727. The predicted molar refractivity (Wildman–Crippen MR) is 39.3 cm³/mol. The lowest BCUT2D eigenvalue weighted by Crippen LogP contribution is -2.24. The van der Waals surface area contributed by atoms with Gasteiger partial charge in [0.05, 0.1) is 13.7 Å². The quantitative estimate of drug-likeness (QED) is 0.424. The van der Waals surface area contributed by atoms with Crippen molar-refractivity contribution in [2.45, 2.75) is 0 Å². The predicted octanol–water partition coefficient (Wildman–Crippen LogP) is -0.556. The van der Waals surface area contributed by atoms with Crippen molar-refractivity contribution in [1.82, 2.24) is 4.90 Å². The second-order valence-corrected chi connectivity index (χ2v) is 2.47. The summed E-state index contributed by atoms with van der Waals surface area (Å²) in [7, 11) is 2.66. The van der Waals surface area contributed by atoms with E-state index in [2.05, 4.69) is 4.74 Å². The number of amides is 1. The van der Waals surface area contributed by atoms with Gasteiger partial charge in [0.2, 0.25) is 0 Å². The van der Waals surface area contributed by atoms with Crippen LogP contribution in [0.25, 0.3) is 0 Å². The highest BCUT2D eigenvalue weighted by Crippen LogP contribution is 2.15. The Morgan fingerprint density at radius 1 is 1.67 bits per heavy atom. The number of nitrogens with zero attached hydrogens (tertiary/aromatic N) is 1. The van der Waals surface area contributed by atoms with Crippen LogP contribution in [0.2, 0.25) is 0 Å². The summed E-state index contributed by atoms with van der Waals surface area (Å²) in [5.74, 6) is -1.52. The van der Waals surface area contributed by atoms with E-state index in [-0.39, 0.29) is 17.9 Å². The molecule has 1 amide bonds. The van der Waals surface area contributed by atoms with Gasteiger partial charge in [0.25, 0.3) is 5.91 Å². The Kier molecular flexibility index (Phi) is 2.03. The number of hydrogen-bond acceptors (Lipinski definition) is 4. The molecule has 0 saturated heterocycles. The number of carbonyl (C=O) groups excluding carboxylic acids is 2. The van der Waals surface area contributed by atoms with Gasteiger partial charge in [-0.1, -0.05) is 0 Å². The van der Waals surface area contributed by atoms with Gasteiger partial charge in [-0.05, 0) is 0 Å². The maximum Gasteiger partial charge on any atom is 0.347 e. The molecular weight excluding hydrogens is 162 g/mol. The van der Waals surface area contributed by atoms with E-state index in [1.54, 1.807) is 0 Å². The largest absolute Gasteiger partial charge is 0.509 e. The minimum Gasteiger partial charge on any atom is -0.509 e. The van der Waals surface area contributed by atoms with Gasteiger partial charge < -0.3 is 14.7 Å². The van der Waals surface area contributed by atoms with Crippen molar-refractivity contribution < 1.29 is 19.4 Å². The minimum atomic E-state index is -0.790. The third-order valence-corrected chi connectivity index (χ3v) is 1.63. The van der Waals surface area contributed by atoms with Gasteiger partial charge in [0.15, 0.2) is 5.57 Å². The normalized spacial score (nSPS) is 17.2. The third kappa shape index (κ3) is 1.13. The van der Waals surface area contributed by atoms with E-state index in [9.17, 15) is 9.59 Å². The van der Waals surface area contributed by atoms with Crippen molar-refractivity contribution >= 4 is 11.9 Å². The Morgan fingerprint density at radius 3 is 2.58 bits per heavy atom. The third-order valence-electron chi connectivity index (χ3n) is 1.63. The van der Waals surface area contributed by atoms with E-state index in [1.165, 1.54) is 11.9 Å². The standard InChI is InChI=1S/C7H9NO4/c1-8-3-4(9)5(6(8)10)7(11)12-2/h9H,3H2,1-2H3.